The molecular weight excluding hydrogens is 454 g/mol. The van der Waals surface area contributed by atoms with Crippen molar-refractivity contribution in [3.8, 4) is 0 Å². The molecule has 1 N–H and O–H groups in total. The summed E-state index contributed by atoms with van der Waals surface area (Å²) in [5, 5.41) is 5.14. The van der Waals surface area contributed by atoms with Gasteiger partial charge in [-0.1, -0.05) is 67.8 Å². The molecule has 0 unspecified atom stereocenters. The lowest BCUT2D eigenvalue weighted by molar-refractivity contribution is -0.133. The van der Waals surface area contributed by atoms with Gasteiger partial charge >= 0.3 is 6.03 Å². The molecule has 0 bridgehead atoms. The molecule has 1 heterocycles. The van der Waals surface area contributed by atoms with Crippen molar-refractivity contribution in [2.45, 2.75) is 65.1 Å². The molecule has 0 saturated heterocycles. The number of hydrogen-bond acceptors (Lipinski definition) is 3. The van der Waals surface area contributed by atoms with Crippen molar-refractivity contribution in [1.29, 1.82) is 0 Å². The maximum atomic E-state index is 13.8. The summed E-state index contributed by atoms with van der Waals surface area (Å²) in [6, 6.07) is 19.8. The van der Waals surface area contributed by atoms with Gasteiger partial charge in [-0.15, -0.1) is 11.3 Å². The average molecular weight is 490 g/mol. The van der Waals surface area contributed by atoms with Crippen LogP contribution >= 0.6 is 11.3 Å². The zero-order valence-electron chi connectivity index (χ0n) is 20.7. The van der Waals surface area contributed by atoms with Crippen molar-refractivity contribution in [1.82, 2.24) is 9.80 Å². The van der Waals surface area contributed by atoms with E-state index in [4.69, 9.17) is 0 Å². The summed E-state index contributed by atoms with van der Waals surface area (Å²) in [7, 11) is 0. The molecule has 4 rings (SSSR count). The highest BCUT2D eigenvalue weighted by Gasteiger charge is 2.29. The molecular formula is C29H35N3O2S. The standard InChI is InChI=1S/C29H35N3O2S/c1-22-11-9-10-16-26(22)30-29(34)32(25-14-7-4-8-15-25)21-28(33)31(19-24-12-5-3-6-13-24)20-27-23(2)17-18-35-27/h3,5-6,9-13,16-18,25H,4,7-8,14-15,19-21H2,1-2H3,(H,30,34). The quantitative estimate of drug-likeness (QED) is 0.380. The molecule has 2 aromatic carbocycles. The van der Waals surface area contributed by atoms with E-state index in [1.165, 1.54) is 16.9 Å². The minimum absolute atomic E-state index is 0.0211. The Balaban J connectivity index is 1.55. The van der Waals surface area contributed by atoms with Gasteiger partial charge in [0.2, 0.25) is 5.91 Å². The molecule has 35 heavy (non-hydrogen) atoms. The minimum Gasteiger partial charge on any atom is -0.332 e. The van der Waals surface area contributed by atoms with Crippen LogP contribution in [0.5, 0.6) is 0 Å². The van der Waals surface area contributed by atoms with E-state index in [0.717, 1.165) is 42.5 Å². The van der Waals surface area contributed by atoms with Crippen LogP contribution in [0.15, 0.2) is 66.0 Å². The van der Waals surface area contributed by atoms with Crippen LogP contribution in [0.2, 0.25) is 0 Å². The second kappa shape index (κ2) is 12.0. The predicted molar refractivity (Wildman–Crippen MR) is 144 cm³/mol. The molecule has 0 spiro atoms. The van der Waals surface area contributed by atoms with Crippen molar-refractivity contribution >= 4 is 29.0 Å². The third-order valence-corrected chi connectivity index (χ3v) is 7.85. The molecule has 3 amide bonds. The van der Waals surface area contributed by atoms with Crippen LogP contribution in [0.4, 0.5) is 10.5 Å². The van der Waals surface area contributed by atoms with E-state index in [1.54, 1.807) is 16.2 Å². The highest BCUT2D eigenvalue weighted by atomic mass is 32.1. The number of benzene rings is 2. The monoisotopic (exact) mass is 489 g/mol. The maximum Gasteiger partial charge on any atom is 0.322 e. The Morgan fingerprint density at radius 2 is 1.60 bits per heavy atom. The normalized spacial score (nSPS) is 13.9. The van der Waals surface area contributed by atoms with Gasteiger partial charge in [0, 0.05) is 23.2 Å². The fraction of sp³-hybridized carbons (Fsp3) is 0.379. The Bertz CT molecular complexity index is 1120. The van der Waals surface area contributed by atoms with Gasteiger partial charge in [-0.3, -0.25) is 4.79 Å². The third kappa shape index (κ3) is 6.73. The molecule has 6 heteroatoms. The number of thiophene rings is 1. The first-order valence-corrected chi connectivity index (χ1v) is 13.4. The number of para-hydroxylation sites is 1. The number of carbonyl (C=O) groups is 2. The van der Waals surface area contributed by atoms with E-state index in [9.17, 15) is 9.59 Å². The lowest BCUT2D eigenvalue weighted by Crippen LogP contribution is -2.49. The van der Waals surface area contributed by atoms with Gasteiger partial charge in [-0.05, 0) is 60.9 Å². The Morgan fingerprint density at radius 3 is 2.29 bits per heavy atom. The number of anilines is 1. The second-order valence-corrected chi connectivity index (χ2v) is 10.4. The molecule has 3 aromatic rings. The number of rotatable bonds is 8. The van der Waals surface area contributed by atoms with E-state index in [0.29, 0.717) is 13.1 Å². The van der Waals surface area contributed by atoms with E-state index in [2.05, 4.69) is 23.7 Å². The van der Waals surface area contributed by atoms with Gasteiger partial charge in [0.05, 0.1) is 6.54 Å². The van der Waals surface area contributed by atoms with Crippen LogP contribution in [0.1, 0.15) is 53.7 Å². The van der Waals surface area contributed by atoms with Gasteiger partial charge in [0.15, 0.2) is 0 Å². The van der Waals surface area contributed by atoms with Crippen LogP contribution in [-0.4, -0.2) is 34.3 Å². The van der Waals surface area contributed by atoms with Gasteiger partial charge in [-0.25, -0.2) is 4.79 Å². The smallest absolute Gasteiger partial charge is 0.322 e. The lowest BCUT2D eigenvalue weighted by Gasteiger charge is -2.35. The molecule has 5 nitrogen and oxygen atoms in total. The second-order valence-electron chi connectivity index (χ2n) is 9.43. The number of nitrogens with one attached hydrogen (secondary N) is 1. The van der Waals surface area contributed by atoms with E-state index in [-0.39, 0.29) is 24.5 Å². The highest BCUT2D eigenvalue weighted by Crippen LogP contribution is 2.25. The number of urea groups is 1. The molecule has 184 valence electrons. The van der Waals surface area contributed by atoms with Gasteiger partial charge in [0.25, 0.3) is 0 Å². The van der Waals surface area contributed by atoms with Gasteiger partial charge < -0.3 is 15.1 Å². The first-order valence-electron chi connectivity index (χ1n) is 12.5. The summed E-state index contributed by atoms with van der Waals surface area (Å²) in [4.78, 5) is 32.1. The van der Waals surface area contributed by atoms with Crippen LogP contribution < -0.4 is 5.32 Å². The molecule has 1 fully saturated rings. The summed E-state index contributed by atoms with van der Waals surface area (Å²) in [6.07, 6.45) is 5.26. The fourth-order valence-corrected chi connectivity index (χ4v) is 5.60. The summed E-state index contributed by atoms with van der Waals surface area (Å²) < 4.78 is 0. The molecule has 1 aliphatic carbocycles. The van der Waals surface area contributed by atoms with Crippen molar-refractivity contribution in [3.05, 3.63) is 87.6 Å². The number of aryl methyl sites for hydroxylation is 2. The SMILES string of the molecule is Cc1ccccc1NC(=O)N(CC(=O)N(Cc1ccccc1)Cc1sccc1C)C1CCCCC1. The van der Waals surface area contributed by atoms with Crippen LogP contribution in [0.3, 0.4) is 0 Å². The van der Waals surface area contributed by atoms with Gasteiger partial charge in [-0.2, -0.15) is 0 Å². The van der Waals surface area contributed by atoms with Crippen molar-refractivity contribution in [2.24, 2.45) is 0 Å². The average Bonchev–Trinajstić information content (AvgIpc) is 3.28. The van der Waals surface area contributed by atoms with Crippen molar-refractivity contribution < 1.29 is 9.59 Å². The molecule has 0 aliphatic heterocycles. The number of hydrogen-bond donors (Lipinski definition) is 1. The number of carbonyl (C=O) groups excluding carboxylic acids is 2. The van der Waals surface area contributed by atoms with Crippen LogP contribution in [0, 0.1) is 13.8 Å². The van der Waals surface area contributed by atoms with Crippen molar-refractivity contribution in [2.75, 3.05) is 11.9 Å². The topological polar surface area (TPSA) is 52.7 Å². The van der Waals surface area contributed by atoms with E-state index < -0.39 is 0 Å². The number of nitrogens with zero attached hydrogens (tertiary/aromatic N) is 2. The first kappa shape index (κ1) is 25.0. The summed E-state index contributed by atoms with van der Waals surface area (Å²) >= 11 is 1.68. The summed E-state index contributed by atoms with van der Waals surface area (Å²) in [5.74, 6) is -0.0211. The largest absolute Gasteiger partial charge is 0.332 e. The Morgan fingerprint density at radius 1 is 0.886 bits per heavy atom. The third-order valence-electron chi connectivity index (χ3n) is 6.84. The molecule has 1 aliphatic rings. The molecule has 0 atom stereocenters. The summed E-state index contributed by atoms with van der Waals surface area (Å²) in [5.41, 5.74) is 4.08. The fourth-order valence-electron chi connectivity index (χ4n) is 4.68. The Kier molecular flexibility index (Phi) is 8.59. The van der Waals surface area contributed by atoms with E-state index >= 15 is 0 Å². The van der Waals surface area contributed by atoms with E-state index in [1.807, 2.05) is 66.4 Å². The minimum atomic E-state index is -0.188. The molecule has 1 aromatic heterocycles. The zero-order valence-corrected chi connectivity index (χ0v) is 21.5. The Labute approximate surface area is 212 Å². The maximum absolute atomic E-state index is 13.8. The molecule has 0 radical (unpaired) electrons. The molecule has 1 saturated carbocycles. The predicted octanol–water partition coefficient (Wildman–Crippen LogP) is 6.76. The van der Waals surface area contributed by atoms with Crippen LogP contribution in [-0.2, 0) is 17.9 Å². The highest BCUT2D eigenvalue weighted by molar-refractivity contribution is 7.10. The van der Waals surface area contributed by atoms with Crippen molar-refractivity contribution in [3.63, 3.8) is 0 Å². The summed E-state index contributed by atoms with van der Waals surface area (Å²) in [6.45, 7) is 5.22. The first-order chi connectivity index (χ1) is 17.0. The zero-order chi connectivity index (χ0) is 24.6. The number of amides is 3. The van der Waals surface area contributed by atoms with Crippen LogP contribution in [0.25, 0.3) is 0 Å². The lowest BCUT2D eigenvalue weighted by atomic mass is 9.94. The van der Waals surface area contributed by atoms with Gasteiger partial charge in [0.1, 0.15) is 6.54 Å². The Hall–Kier alpha value is -3.12.